The highest BCUT2D eigenvalue weighted by Crippen LogP contribution is 2.05. The van der Waals surface area contributed by atoms with Crippen molar-refractivity contribution in [3.05, 3.63) is 0 Å². The Balaban J connectivity index is 2.98. The van der Waals surface area contributed by atoms with Gasteiger partial charge >= 0.3 is 0 Å². The molecule has 0 heterocycles. The Morgan fingerprint density at radius 3 is 2.62 bits per heavy atom. The lowest BCUT2D eigenvalue weighted by atomic mass is 10.3. The molecule has 1 nitrogen and oxygen atoms in total. The van der Waals surface area contributed by atoms with Crippen LogP contribution in [0.25, 0.3) is 0 Å². The normalized spacial score (nSPS) is 13.2. The molecule has 8 heavy (non-hydrogen) atoms. The van der Waals surface area contributed by atoms with Crippen LogP contribution in [0.3, 0.4) is 0 Å². The van der Waals surface area contributed by atoms with Crippen molar-refractivity contribution in [2.75, 3.05) is 5.33 Å². The third-order valence-corrected chi connectivity index (χ3v) is 1.92. The van der Waals surface area contributed by atoms with Crippen LogP contribution in [0, 0.1) is 0 Å². The zero-order valence-electron chi connectivity index (χ0n) is 4.36. The van der Waals surface area contributed by atoms with Gasteiger partial charge in [0.2, 0.25) is 6.29 Å². The zero-order chi connectivity index (χ0) is 6.41. The molecule has 0 aromatic carbocycles. The Kier molecular flexibility index (Phi) is 6.21. The fourth-order valence-electron chi connectivity index (χ4n) is 0.315. The second kappa shape index (κ2) is 5.76. The average Bonchev–Trinajstić information content (AvgIpc) is 1.83. The van der Waals surface area contributed by atoms with E-state index in [1.807, 2.05) is 6.29 Å². The summed E-state index contributed by atoms with van der Waals surface area (Å²) >= 11 is 6.39. The number of alkyl halides is 2. The van der Waals surface area contributed by atoms with Crippen molar-refractivity contribution in [2.45, 2.75) is 17.7 Å². The summed E-state index contributed by atoms with van der Waals surface area (Å²) in [6.07, 6.45) is 3.73. The van der Waals surface area contributed by atoms with Crippen molar-refractivity contribution >= 4 is 38.1 Å². The predicted octanol–water partition coefficient (Wildman–Crippen LogP) is 2.03. The van der Waals surface area contributed by atoms with Crippen molar-refractivity contribution in [3.8, 4) is 0 Å². The smallest absolute Gasteiger partial charge is 0.213 e. The second-order valence-electron chi connectivity index (χ2n) is 1.42. The van der Waals surface area contributed by atoms with E-state index < -0.39 is 0 Å². The minimum absolute atomic E-state index is 0.0694. The standard InChI is InChI=1S/C5H7Br2O/c6-3-1-2-5(7)4-8/h5H,1-3H2. The molecule has 0 saturated carbocycles. The van der Waals surface area contributed by atoms with Crippen LogP contribution in [-0.2, 0) is 4.79 Å². The molecular weight excluding hydrogens is 236 g/mol. The number of halogens is 2. The third-order valence-electron chi connectivity index (χ3n) is 0.719. The SMILES string of the molecule is O=[C]C(Br)CCCBr. The number of hydrogen-bond donors (Lipinski definition) is 0. The van der Waals surface area contributed by atoms with Crippen molar-refractivity contribution in [1.29, 1.82) is 0 Å². The Morgan fingerprint density at radius 1 is 1.62 bits per heavy atom. The molecule has 0 aromatic rings. The third kappa shape index (κ3) is 4.78. The molecule has 1 unspecified atom stereocenters. The maximum atomic E-state index is 9.82. The lowest BCUT2D eigenvalue weighted by molar-refractivity contribution is 0.551. The lowest BCUT2D eigenvalue weighted by Crippen LogP contribution is -1.97. The van der Waals surface area contributed by atoms with Gasteiger partial charge in [-0.1, -0.05) is 31.9 Å². The fourth-order valence-corrected chi connectivity index (χ4v) is 0.963. The first-order valence-electron chi connectivity index (χ1n) is 2.39. The molecule has 3 heteroatoms. The highest BCUT2D eigenvalue weighted by molar-refractivity contribution is 9.10. The van der Waals surface area contributed by atoms with Crippen LogP contribution >= 0.6 is 31.9 Å². The van der Waals surface area contributed by atoms with E-state index in [0.29, 0.717) is 0 Å². The fraction of sp³-hybridized carbons (Fsp3) is 0.800. The molecule has 0 rings (SSSR count). The van der Waals surface area contributed by atoms with Gasteiger partial charge in [0.25, 0.3) is 0 Å². The van der Waals surface area contributed by atoms with Crippen molar-refractivity contribution < 1.29 is 4.79 Å². The van der Waals surface area contributed by atoms with Crippen LogP contribution < -0.4 is 0 Å². The summed E-state index contributed by atoms with van der Waals surface area (Å²) in [5.41, 5.74) is 0. The van der Waals surface area contributed by atoms with Gasteiger partial charge in [0.1, 0.15) is 0 Å². The average molecular weight is 243 g/mol. The summed E-state index contributed by atoms with van der Waals surface area (Å²) in [6.45, 7) is 0. The zero-order valence-corrected chi connectivity index (χ0v) is 7.53. The van der Waals surface area contributed by atoms with E-state index in [0.717, 1.165) is 18.2 Å². The van der Waals surface area contributed by atoms with Crippen LogP contribution in [0.5, 0.6) is 0 Å². The molecule has 0 saturated heterocycles. The maximum Gasteiger partial charge on any atom is 0.213 e. The van der Waals surface area contributed by atoms with E-state index in [4.69, 9.17) is 0 Å². The highest BCUT2D eigenvalue weighted by atomic mass is 79.9. The molecule has 0 aromatic heterocycles. The lowest BCUT2D eigenvalue weighted by Gasteiger charge is -1.94. The minimum atomic E-state index is -0.0694. The summed E-state index contributed by atoms with van der Waals surface area (Å²) in [5, 5.41) is 0.955. The summed E-state index contributed by atoms with van der Waals surface area (Å²) in [7, 11) is 0. The van der Waals surface area contributed by atoms with Gasteiger partial charge in [-0.2, -0.15) is 0 Å². The van der Waals surface area contributed by atoms with E-state index in [-0.39, 0.29) is 4.83 Å². The van der Waals surface area contributed by atoms with Gasteiger partial charge in [-0.25, -0.2) is 0 Å². The van der Waals surface area contributed by atoms with Crippen LogP contribution in [0.2, 0.25) is 0 Å². The summed E-state index contributed by atoms with van der Waals surface area (Å²) in [6, 6.07) is 0. The molecule has 1 atom stereocenters. The van der Waals surface area contributed by atoms with Gasteiger partial charge in [-0.3, -0.25) is 4.79 Å². The molecular formula is C5H7Br2O. The van der Waals surface area contributed by atoms with E-state index in [2.05, 4.69) is 31.9 Å². The van der Waals surface area contributed by atoms with E-state index in [1.165, 1.54) is 0 Å². The summed E-state index contributed by atoms with van der Waals surface area (Å²) in [4.78, 5) is 9.75. The van der Waals surface area contributed by atoms with Crippen LogP contribution in [0.15, 0.2) is 0 Å². The molecule has 0 aliphatic carbocycles. The Bertz CT molecular complexity index is 65.4. The quantitative estimate of drug-likeness (QED) is 0.690. The topological polar surface area (TPSA) is 17.1 Å². The van der Waals surface area contributed by atoms with Gasteiger partial charge in [-0.05, 0) is 12.8 Å². The van der Waals surface area contributed by atoms with E-state index in [9.17, 15) is 4.79 Å². The van der Waals surface area contributed by atoms with Crippen molar-refractivity contribution in [3.63, 3.8) is 0 Å². The van der Waals surface area contributed by atoms with Crippen LogP contribution in [-0.4, -0.2) is 16.4 Å². The largest absolute Gasteiger partial charge is 0.290 e. The van der Waals surface area contributed by atoms with Gasteiger partial charge in [0.15, 0.2) is 0 Å². The molecule has 0 aliphatic heterocycles. The summed E-state index contributed by atoms with van der Waals surface area (Å²) in [5.74, 6) is 0. The molecule has 1 radical (unpaired) electrons. The first-order chi connectivity index (χ1) is 3.81. The number of carbonyl (C=O) groups excluding carboxylic acids is 1. The molecule has 0 bridgehead atoms. The van der Waals surface area contributed by atoms with E-state index in [1.54, 1.807) is 0 Å². The highest BCUT2D eigenvalue weighted by Gasteiger charge is 1.99. The molecule has 0 amide bonds. The first kappa shape index (κ1) is 8.63. The van der Waals surface area contributed by atoms with Gasteiger partial charge in [-0.15, -0.1) is 0 Å². The van der Waals surface area contributed by atoms with Gasteiger partial charge in [0.05, 0.1) is 4.83 Å². The molecule has 0 spiro atoms. The van der Waals surface area contributed by atoms with Gasteiger partial charge in [0, 0.05) is 5.33 Å². The molecule has 0 fully saturated rings. The van der Waals surface area contributed by atoms with Crippen LogP contribution in [0.4, 0.5) is 0 Å². The first-order valence-corrected chi connectivity index (χ1v) is 4.42. The molecule has 47 valence electrons. The predicted molar refractivity (Wildman–Crippen MR) is 41.4 cm³/mol. The summed E-state index contributed by atoms with van der Waals surface area (Å²) < 4.78 is 0. The van der Waals surface area contributed by atoms with Crippen LogP contribution in [0.1, 0.15) is 12.8 Å². The Morgan fingerprint density at radius 2 is 2.25 bits per heavy atom. The minimum Gasteiger partial charge on any atom is -0.290 e. The van der Waals surface area contributed by atoms with Gasteiger partial charge < -0.3 is 0 Å². The molecule has 0 N–H and O–H groups in total. The monoisotopic (exact) mass is 241 g/mol. The second-order valence-corrected chi connectivity index (χ2v) is 3.31. The number of hydrogen-bond acceptors (Lipinski definition) is 1. The molecule has 0 aliphatic rings. The Labute approximate surface area is 66.1 Å². The van der Waals surface area contributed by atoms with Crippen molar-refractivity contribution in [2.24, 2.45) is 0 Å². The maximum absolute atomic E-state index is 9.82. The number of rotatable bonds is 4. The van der Waals surface area contributed by atoms with E-state index >= 15 is 0 Å². The van der Waals surface area contributed by atoms with Crippen molar-refractivity contribution in [1.82, 2.24) is 0 Å². The Hall–Kier alpha value is 0.630.